The molecule has 0 spiro atoms. The number of rotatable bonds is 3. The Labute approximate surface area is 84.4 Å². The molecular weight excluding hydrogens is 180 g/mol. The predicted octanol–water partition coefficient (Wildman–Crippen LogP) is 0.570. The zero-order valence-corrected chi connectivity index (χ0v) is 9.02. The van der Waals surface area contributed by atoms with Crippen LogP contribution in [0.5, 0.6) is 0 Å². The summed E-state index contributed by atoms with van der Waals surface area (Å²) in [5.74, 6) is -0.131. The van der Waals surface area contributed by atoms with Gasteiger partial charge in [-0.05, 0) is 19.8 Å². The van der Waals surface area contributed by atoms with Crippen LogP contribution in [0.2, 0.25) is 0 Å². The second-order valence-electron chi connectivity index (χ2n) is 3.99. The fourth-order valence-electron chi connectivity index (χ4n) is 1.54. The van der Waals surface area contributed by atoms with Gasteiger partial charge in [-0.3, -0.25) is 9.59 Å². The van der Waals surface area contributed by atoms with Crippen molar-refractivity contribution in [2.75, 3.05) is 0 Å². The quantitative estimate of drug-likeness (QED) is 0.696. The summed E-state index contributed by atoms with van der Waals surface area (Å²) in [4.78, 5) is 23.2. The van der Waals surface area contributed by atoms with E-state index in [1.54, 1.807) is 6.92 Å². The van der Waals surface area contributed by atoms with E-state index in [9.17, 15) is 9.59 Å². The Morgan fingerprint density at radius 1 is 1.36 bits per heavy atom. The molecule has 0 bridgehead atoms. The van der Waals surface area contributed by atoms with E-state index in [-0.39, 0.29) is 17.9 Å². The molecule has 4 heteroatoms. The summed E-state index contributed by atoms with van der Waals surface area (Å²) in [6.45, 7) is 5.63. The number of nitrogens with one attached hydrogen (secondary N) is 2. The second kappa shape index (κ2) is 3.98. The highest BCUT2D eigenvalue weighted by molar-refractivity contribution is 5.99. The van der Waals surface area contributed by atoms with Gasteiger partial charge >= 0.3 is 0 Å². The van der Waals surface area contributed by atoms with Crippen molar-refractivity contribution in [1.29, 1.82) is 0 Å². The summed E-state index contributed by atoms with van der Waals surface area (Å²) < 4.78 is 0. The summed E-state index contributed by atoms with van der Waals surface area (Å²) in [5.41, 5.74) is -0.721. The average Bonchev–Trinajstić information content (AvgIpc) is 2.15. The summed E-state index contributed by atoms with van der Waals surface area (Å²) in [5, 5.41) is 5.53. The third-order valence-corrected chi connectivity index (χ3v) is 2.81. The highest BCUT2D eigenvalue weighted by atomic mass is 16.2. The lowest BCUT2D eigenvalue weighted by molar-refractivity contribution is -0.141. The Hall–Kier alpha value is -1.06. The van der Waals surface area contributed by atoms with E-state index < -0.39 is 5.54 Å². The normalized spacial score (nSPS) is 32.4. The topological polar surface area (TPSA) is 58.2 Å². The highest BCUT2D eigenvalue weighted by Crippen LogP contribution is 2.15. The van der Waals surface area contributed by atoms with Gasteiger partial charge in [0.2, 0.25) is 11.8 Å². The van der Waals surface area contributed by atoms with Gasteiger partial charge in [-0.15, -0.1) is 0 Å². The van der Waals surface area contributed by atoms with Crippen LogP contribution < -0.4 is 10.6 Å². The third-order valence-electron chi connectivity index (χ3n) is 2.81. The third kappa shape index (κ3) is 1.89. The van der Waals surface area contributed by atoms with Gasteiger partial charge in [0.1, 0.15) is 11.6 Å². The summed E-state index contributed by atoms with van der Waals surface area (Å²) in [6, 6.07) is -0.341. The molecule has 2 N–H and O–H groups in total. The van der Waals surface area contributed by atoms with Crippen molar-refractivity contribution in [2.24, 2.45) is 0 Å². The van der Waals surface area contributed by atoms with Crippen molar-refractivity contribution >= 4 is 11.8 Å². The van der Waals surface area contributed by atoms with Gasteiger partial charge in [0.25, 0.3) is 0 Å². The Morgan fingerprint density at radius 3 is 2.50 bits per heavy atom. The summed E-state index contributed by atoms with van der Waals surface area (Å²) in [6.07, 6.45) is 2.21. The highest BCUT2D eigenvalue weighted by Gasteiger charge is 2.40. The van der Waals surface area contributed by atoms with Gasteiger partial charge in [0, 0.05) is 0 Å². The van der Waals surface area contributed by atoms with Crippen LogP contribution in [0.25, 0.3) is 0 Å². The maximum Gasteiger partial charge on any atom is 0.246 e. The average molecular weight is 198 g/mol. The van der Waals surface area contributed by atoms with E-state index >= 15 is 0 Å². The van der Waals surface area contributed by atoms with Crippen LogP contribution in [-0.4, -0.2) is 23.4 Å². The van der Waals surface area contributed by atoms with Crippen LogP contribution in [0, 0.1) is 0 Å². The Bertz CT molecular complexity index is 253. The Kier molecular flexibility index (Phi) is 3.13. The van der Waals surface area contributed by atoms with Crippen molar-refractivity contribution in [3.05, 3.63) is 0 Å². The first-order chi connectivity index (χ1) is 6.53. The summed E-state index contributed by atoms with van der Waals surface area (Å²) in [7, 11) is 0. The van der Waals surface area contributed by atoms with Crippen LogP contribution in [0.4, 0.5) is 0 Å². The maximum atomic E-state index is 11.7. The Balaban J connectivity index is 2.72. The first-order valence-corrected chi connectivity index (χ1v) is 5.16. The van der Waals surface area contributed by atoms with Crippen LogP contribution in [0.1, 0.15) is 40.0 Å². The molecule has 80 valence electrons. The smallest absolute Gasteiger partial charge is 0.246 e. The first-order valence-electron chi connectivity index (χ1n) is 5.16. The molecule has 1 fully saturated rings. The van der Waals surface area contributed by atoms with E-state index in [1.807, 2.05) is 13.8 Å². The molecule has 0 aromatic heterocycles. The van der Waals surface area contributed by atoms with Gasteiger partial charge in [-0.1, -0.05) is 20.3 Å². The fraction of sp³-hybridized carbons (Fsp3) is 0.800. The maximum absolute atomic E-state index is 11.7. The zero-order valence-electron chi connectivity index (χ0n) is 9.02. The molecule has 0 radical (unpaired) electrons. The number of carbonyl (C=O) groups excluding carboxylic acids is 2. The van der Waals surface area contributed by atoms with Gasteiger partial charge in [-0.25, -0.2) is 0 Å². The number of hydrogen-bond donors (Lipinski definition) is 2. The molecule has 1 saturated heterocycles. The van der Waals surface area contributed by atoms with Crippen molar-refractivity contribution in [3.63, 3.8) is 0 Å². The number of carbonyl (C=O) groups is 2. The number of amides is 2. The fourth-order valence-corrected chi connectivity index (χ4v) is 1.54. The van der Waals surface area contributed by atoms with E-state index in [0.29, 0.717) is 12.8 Å². The zero-order chi connectivity index (χ0) is 10.8. The minimum Gasteiger partial charge on any atom is -0.342 e. The molecule has 2 amide bonds. The molecule has 1 heterocycles. The van der Waals surface area contributed by atoms with Crippen LogP contribution in [0.15, 0.2) is 0 Å². The van der Waals surface area contributed by atoms with Crippen LogP contribution >= 0.6 is 0 Å². The Morgan fingerprint density at radius 2 is 2.00 bits per heavy atom. The van der Waals surface area contributed by atoms with Crippen LogP contribution in [-0.2, 0) is 9.59 Å². The molecule has 2 unspecified atom stereocenters. The van der Waals surface area contributed by atoms with E-state index in [1.165, 1.54) is 0 Å². The van der Waals surface area contributed by atoms with Crippen LogP contribution in [0.3, 0.4) is 0 Å². The van der Waals surface area contributed by atoms with Gasteiger partial charge in [0.05, 0.1) is 0 Å². The minimum absolute atomic E-state index is 0.0594. The lowest BCUT2D eigenvalue weighted by atomic mass is 9.93. The first kappa shape index (κ1) is 11.0. The van der Waals surface area contributed by atoms with Gasteiger partial charge < -0.3 is 10.6 Å². The standard InChI is InChI=1S/C10H18N2O2/c1-4-6-7-8(13)12-10(3,5-2)9(14)11-7/h7H,4-6H2,1-3H3,(H,11,14)(H,12,13). The molecule has 1 aliphatic heterocycles. The van der Waals surface area contributed by atoms with E-state index in [0.717, 1.165) is 6.42 Å². The largest absolute Gasteiger partial charge is 0.342 e. The van der Waals surface area contributed by atoms with Gasteiger partial charge in [-0.2, -0.15) is 0 Å². The molecule has 0 aliphatic carbocycles. The minimum atomic E-state index is -0.721. The lowest BCUT2D eigenvalue weighted by Crippen LogP contribution is -2.67. The summed E-state index contributed by atoms with van der Waals surface area (Å²) >= 11 is 0. The molecule has 4 nitrogen and oxygen atoms in total. The molecule has 0 saturated carbocycles. The van der Waals surface area contributed by atoms with Crippen molar-refractivity contribution in [2.45, 2.75) is 51.6 Å². The second-order valence-corrected chi connectivity index (χ2v) is 3.99. The molecule has 14 heavy (non-hydrogen) atoms. The molecule has 0 aromatic carbocycles. The van der Waals surface area contributed by atoms with Crippen molar-refractivity contribution in [3.8, 4) is 0 Å². The van der Waals surface area contributed by atoms with E-state index in [4.69, 9.17) is 0 Å². The monoisotopic (exact) mass is 198 g/mol. The molecule has 1 rings (SSSR count). The molecule has 0 aromatic rings. The molecular formula is C10H18N2O2. The predicted molar refractivity (Wildman–Crippen MR) is 53.7 cm³/mol. The van der Waals surface area contributed by atoms with Crippen molar-refractivity contribution in [1.82, 2.24) is 10.6 Å². The number of hydrogen-bond acceptors (Lipinski definition) is 2. The molecule has 2 atom stereocenters. The SMILES string of the molecule is CCCC1NC(=O)C(C)(CC)NC1=O. The van der Waals surface area contributed by atoms with E-state index in [2.05, 4.69) is 10.6 Å². The number of piperazine rings is 1. The van der Waals surface area contributed by atoms with Crippen molar-refractivity contribution < 1.29 is 9.59 Å². The van der Waals surface area contributed by atoms with Gasteiger partial charge in [0.15, 0.2) is 0 Å². The lowest BCUT2D eigenvalue weighted by Gasteiger charge is -2.36. The molecule has 1 aliphatic rings.